The van der Waals surface area contributed by atoms with Gasteiger partial charge in [-0.1, -0.05) is 0 Å². The fourth-order valence-corrected chi connectivity index (χ4v) is 0.344. The largest absolute Gasteiger partial charge is 0.306 e. The Labute approximate surface area is 56.6 Å². The second kappa shape index (κ2) is 3.03. The maximum absolute atomic E-state index is 9.81. The van der Waals surface area contributed by atoms with Crippen LogP contribution in [0, 0.1) is 10.1 Å². The first-order chi connectivity index (χ1) is 3.80. The summed E-state index contributed by atoms with van der Waals surface area (Å²) in [4.78, 5) is 9.30. The molecule has 0 amide bonds. The lowest BCUT2D eigenvalue weighted by molar-refractivity contribution is -0.384. The Morgan fingerprint density at radius 3 is 2.67 bits per heavy atom. The van der Waals surface area contributed by atoms with Gasteiger partial charge in [-0.3, -0.25) is 15.2 Å². The molecule has 1 heterocycles. The molecular weight excluding hydrogens is 146 g/mol. The van der Waals surface area contributed by atoms with Crippen LogP contribution in [-0.2, 0) is 0 Å². The highest BCUT2D eigenvalue weighted by atomic mass is 35.5. The molecule has 0 fully saturated rings. The van der Waals surface area contributed by atoms with E-state index in [0.29, 0.717) is 0 Å². The highest BCUT2D eigenvalue weighted by Gasteiger charge is 2.02. The van der Waals surface area contributed by atoms with Crippen LogP contribution in [0.3, 0.4) is 0 Å². The number of hydrogen-bond donors (Lipinski definition) is 1. The van der Waals surface area contributed by atoms with E-state index in [9.17, 15) is 10.1 Å². The monoisotopic (exact) mass is 149 g/mol. The van der Waals surface area contributed by atoms with E-state index in [4.69, 9.17) is 0 Å². The fraction of sp³-hybridized carbons (Fsp3) is 0. The van der Waals surface area contributed by atoms with Crippen molar-refractivity contribution in [3.8, 4) is 0 Å². The van der Waals surface area contributed by atoms with E-state index in [0.717, 1.165) is 6.20 Å². The number of halogens is 1. The maximum atomic E-state index is 9.81. The van der Waals surface area contributed by atoms with Crippen LogP contribution in [-0.4, -0.2) is 15.1 Å². The van der Waals surface area contributed by atoms with Crippen LogP contribution in [0.25, 0.3) is 0 Å². The smallest absolute Gasteiger partial charge is 0.279 e. The Morgan fingerprint density at radius 2 is 2.44 bits per heavy atom. The van der Waals surface area contributed by atoms with Crippen LogP contribution in [0.4, 0.5) is 5.69 Å². The Hall–Kier alpha value is -1.10. The van der Waals surface area contributed by atoms with Crippen molar-refractivity contribution < 1.29 is 4.92 Å². The summed E-state index contributed by atoms with van der Waals surface area (Å²) in [6.45, 7) is 0. The molecule has 0 saturated heterocycles. The number of H-pyrrole nitrogens is 1. The van der Waals surface area contributed by atoms with E-state index in [-0.39, 0.29) is 18.1 Å². The maximum Gasteiger partial charge on any atom is 0.306 e. The average Bonchev–Trinajstić information content (AvgIpc) is 2.12. The number of hydrogen-bond acceptors (Lipinski definition) is 3. The summed E-state index contributed by atoms with van der Waals surface area (Å²) in [6.07, 6.45) is 2.38. The summed E-state index contributed by atoms with van der Waals surface area (Å²) in [7, 11) is 0. The fourth-order valence-electron chi connectivity index (χ4n) is 0.344. The number of nitrogens with zero attached hydrogens (tertiary/aromatic N) is 2. The number of aromatic amines is 1. The van der Waals surface area contributed by atoms with Crippen LogP contribution >= 0.6 is 12.4 Å². The van der Waals surface area contributed by atoms with Crippen molar-refractivity contribution in [3.05, 3.63) is 22.5 Å². The lowest BCUT2D eigenvalue weighted by atomic mass is 10.6. The summed E-state index contributed by atoms with van der Waals surface area (Å²) in [5.74, 6) is 0. The highest BCUT2D eigenvalue weighted by molar-refractivity contribution is 5.85. The van der Waals surface area contributed by atoms with Gasteiger partial charge in [-0.2, -0.15) is 5.10 Å². The van der Waals surface area contributed by atoms with Crippen molar-refractivity contribution in [2.24, 2.45) is 0 Å². The van der Waals surface area contributed by atoms with Gasteiger partial charge in [0.15, 0.2) is 0 Å². The molecule has 0 aliphatic carbocycles. The molecule has 0 radical (unpaired) electrons. The molecule has 9 heavy (non-hydrogen) atoms. The van der Waals surface area contributed by atoms with Gasteiger partial charge in [-0.15, -0.1) is 12.4 Å². The molecule has 0 aliphatic heterocycles. The van der Waals surface area contributed by atoms with Crippen LogP contribution in [0.2, 0.25) is 0 Å². The Bertz CT molecular complexity index is 185. The summed E-state index contributed by atoms with van der Waals surface area (Å²) in [6, 6.07) is 0. The summed E-state index contributed by atoms with van der Waals surface area (Å²) in [5.41, 5.74) is -0.00926. The molecular formula is C3H4ClN3O2. The Kier molecular flexibility index (Phi) is 2.66. The van der Waals surface area contributed by atoms with Gasteiger partial charge in [0, 0.05) is 0 Å². The van der Waals surface area contributed by atoms with E-state index in [1.54, 1.807) is 0 Å². The van der Waals surface area contributed by atoms with E-state index >= 15 is 0 Å². The van der Waals surface area contributed by atoms with Gasteiger partial charge in [-0.05, 0) is 0 Å². The number of rotatable bonds is 1. The first kappa shape index (κ1) is 7.90. The SMILES string of the molecule is Cl.O=[N+]([O-])c1cn[nH]c1. The quantitative estimate of drug-likeness (QED) is 0.473. The Balaban J connectivity index is 0.000000640. The third-order valence-electron chi connectivity index (χ3n) is 0.695. The lowest BCUT2D eigenvalue weighted by Gasteiger charge is -1.75. The first-order valence-electron chi connectivity index (χ1n) is 1.94. The highest BCUT2D eigenvalue weighted by Crippen LogP contribution is 2.02. The molecule has 5 nitrogen and oxygen atoms in total. The standard InChI is InChI=1S/C3H3N3O2.ClH/c7-6(8)3-1-4-5-2-3;/h1-2H,(H,4,5);1H. The number of nitro groups is 1. The minimum Gasteiger partial charge on any atom is -0.279 e. The molecule has 0 unspecified atom stereocenters. The van der Waals surface area contributed by atoms with Crippen LogP contribution in [0.5, 0.6) is 0 Å². The van der Waals surface area contributed by atoms with Crippen molar-refractivity contribution in [2.45, 2.75) is 0 Å². The minimum atomic E-state index is -0.510. The first-order valence-corrected chi connectivity index (χ1v) is 1.94. The van der Waals surface area contributed by atoms with Crippen LogP contribution < -0.4 is 0 Å². The van der Waals surface area contributed by atoms with Gasteiger partial charge in [-0.25, -0.2) is 0 Å². The van der Waals surface area contributed by atoms with Crippen molar-refractivity contribution in [3.63, 3.8) is 0 Å². The minimum absolute atomic E-state index is 0. The molecule has 0 atom stereocenters. The zero-order chi connectivity index (χ0) is 5.98. The van der Waals surface area contributed by atoms with E-state index in [2.05, 4.69) is 10.2 Å². The predicted molar refractivity (Wildman–Crippen MR) is 32.5 cm³/mol. The van der Waals surface area contributed by atoms with Crippen molar-refractivity contribution in [2.75, 3.05) is 0 Å². The van der Waals surface area contributed by atoms with Crippen molar-refractivity contribution in [1.82, 2.24) is 10.2 Å². The molecule has 6 heteroatoms. The van der Waals surface area contributed by atoms with Gasteiger partial charge in [0.1, 0.15) is 6.20 Å². The van der Waals surface area contributed by atoms with Crippen molar-refractivity contribution >= 4 is 18.1 Å². The molecule has 1 aromatic rings. The second-order valence-electron chi connectivity index (χ2n) is 1.21. The molecule has 0 aromatic carbocycles. The van der Waals surface area contributed by atoms with Gasteiger partial charge >= 0.3 is 5.69 Å². The third-order valence-corrected chi connectivity index (χ3v) is 0.695. The summed E-state index contributed by atoms with van der Waals surface area (Å²) >= 11 is 0. The third kappa shape index (κ3) is 1.69. The van der Waals surface area contributed by atoms with E-state index < -0.39 is 4.92 Å². The molecule has 0 saturated carbocycles. The summed E-state index contributed by atoms with van der Waals surface area (Å²) < 4.78 is 0. The topological polar surface area (TPSA) is 71.8 Å². The number of nitrogens with one attached hydrogen (secondary N) is 1. The van der Waals surface area contributed by atoms with Gasteiger partial charge in [0.25, 0.3) is 0 Å². The normalized spacial score (nSPS) is 8.00. The van der Waals surface area contributed by atoms with Crippen LogP contribution in [0.1, 0.15) is 0 Å². The predicted octanol–water partition coefficient (Wildman–Crippen LogP) is 0.740. The lowest BCUT2D eigenvalue weighted by Crippen LogP contribution is -1.82. The summed E-state index contributed by atoms with van der Waals surface area (Å²) in [5, 5.41) is 15.5. The molecule has 1 aromatic heterocycles. The molecule has 0 aliphatic rings. The van der Waals surface area contributed by atoms with E-state index in [1.807, 2.05) is 0 Å². The molecule has 0 bridgehead atoms. The van der Waals surface area contributed by atoms with Gasteiger partial charge in [0.05, 0.1) is 11.1 Å². The van der Waals surface area contributed by atoms with Gasteiger partial charge < -0.3 is 0 Å². The zero-order valence-corrected chi connectivity index (χ0v) is 5.09. The average molecular weight is 150 g/mol. The molecule has 1 rings (SSSR count). The van der Waals surface area contributed by atoms with Crippen molar-refractivity contribution in [1.29, 1.82) is 0 Å². The van der Waals surface area contributed by atoms with Crippen LogP contribution in [0.15, 0.2) is 12.4 Å². The zero-order valence-electron chi connectivity index (χ0n) is 4.27. The van der Waals surface area contributed by atoms with E-state index in [1.165, 1.54) is 6.20 Å². The molecule has 1 N–H and O–H groups in total. The number of aromatic nitrogens is 2. The Morgan fingerprint density at radius 1 is 1.78 bits per heavy atom. The second-order valence-corrected chi connectivity index (χ2v) is 1.21. The molecule has 50 valence electrons. The molecule has 0 spiro atoms. The van der Waals surface area contributed by atoms with Gasteiger partial charge in [0.2, 0.25) is 0 Å².